The standard InChI is InChI=1S/C20H23N3O2/c21-12-15-23(18-7-8-18)20(25)17-10-13-22(14-11-17)19(24)9-6-16-4-2-1-3-5-16/h1-6,9,17-18H,7-8,10-11,13-15H2/b9-6-. The van der Waals surface area contributed by atoms with E-state index in [9.17, 15) is 9.59 Å². The predicted molar refractivity (Wildman–Crippen MR) is 95.1 cm³/mol. The molecule has 130 valence electrons. The Hall–Kier alpha value is -2.61. The van der Waals surface area contributed by atoms with Gasteiger partial charge < -0.3 is 9.80 Å². The maximum Gasteiger partial charge on any atom is 0.246 e. The van der Waals surface area contributed by atoms with Crippen LogP contribution in [-0.4, -0.2) is 47.3 Å². The van der Waals surface area contributed by atoms with Gasteiger partial charge in [0.15, 0.2) is 0 Å². The third-order valence-electron chi connectivity index (χ3n) is 4.89. The second-order valence-corrected chi connectivity index (χ2v) is 6.70. The fraction of sp³-hybridized carbons (Fsp3) is 0.450. The van der Waals surface area contributed by atoms with Gasteiger partial charge in [-0.15, -0.1) is 0 Å². The van der Waals surface area contributed by atoms with Gasteiger partial charge in [-0.05, 0) is 37.3 Å². The molecule has 25 heavy (non-hydrogen) atoms. The Morgan fingerprint density at radius 3 is 2.44 bits per heavy atom. The van der Waals surface area contributed by atoms with Gasteiger partial charge in [0.05, 0.1) is 6.07 Å². The number of carbonyl (C=O) groups excluding carboxylic acids is 2. The SMILES string of the molecule is N#CCN(C(=O)C1CCN(C(=O)/C=C\c2ccccc2)CC1)C1CC1. The molecule has 1 aromatic carbocycles. The summed E-state index contributed by atoms with van der Waals surface area (Å²) in [5, 5.41) is 8.92. The highest BCUT2D eigenvalue weighted by atomic mass is 16.2. The molecule has 0 aromatic heterocycles. The van der Waals surface area contributed by atoms with Gasteiger partial charge in [-0.3, -0.25) is 9.59 Å². The maximum atomic E-state index is 12.6. The summed E-state index contributed by atoms with van der Waals surface area (Å²) < 4.78 is 0. The summed E-state index contributed by atoms with van der Waals surface area (Å²) in [7, 11) is 0. The van der Waals surface area contributed by atoms with Gasteiger partial charge in [0.2, 0.25) is 11.8 Å². The fourth-order valence-corrected chi connectivity index (χ4v) is 3.27. The van der Waals surface area contributed by atoms with Crippen molar-refractivity contribution in [3.05, 3.63) is 42.0 Å². The fourth-order valence-electron chi connectivity index (χ4n) is 3.27. The number of rotatable bonds is 5. The molecule has 1 heterocycles. The third kappa shape index (κ3) is 4.48. The van der Waals surface area contributed by atoms with Gasteiger partial charge in [-0.2, -0.15) is 5.26 Å². The lowest BCUT2D eigenvalue weighted by molar-refractivity contribution is -0.139. The van der Waals surface area contributed by atoms with Crippen molar-refractivity contribution < 1.29 is 9.59 Å². The Bertz CT molecular complexity index is 681. The molecule has 0 N–H and O–H groups in total. The van der Waals surface area contributed by atoms with Gasteiger partial charge in [0.1, 0.15) is 6.54 Å². The van der Waals surface area contributed by atoms with Crippen molar-refractivity contribution in [1.82, 2.24) is 9.80 Å². The van der Waals surface area contributed by atoms with Crippen molar-refractivity contribution in [2.45, 2.75) is 31.7 Å². The van der Waals surface area contributed by atoms with Gasteiger partial charge in [-0.25, -0.2) is 0 Å². The van der Waals surface area contributed by atoms with E-state index in [1.54, 1.807) is 15.9 Å². The van der Waals surface area contributed by atoms with Crippen LogP contribution in [0, 0.1) is 17.2 Å². The number of benzene rings is 1. The van der Waals surface area contributed by atoms with Crippen LogP contribution in [0.1, 0.15) is 31.2 Å². The van der Waals surface area contributed by atoms with Crippen molar-refractivity contribution in [2.75, 3.05) is 19.6 Å². The number of piperidine rings is 1. The number of hydrogen-bond acceptors (Lipinski definition) is 3. The summed E-state index contributed by atoms with van der Waals surface area (Å²) in [6.45, 7) is 1.38. The maximum absolute atomic E-state index is 12.6. The first kappa shape index (κ1) is 17.2. The highest BCUT2D eigenvalue weighted by Gasteiger charge is 2.37. The van der Waals surface area contributed by atoms with Crippen molar-refractivity contribution in [3.8, 4) is 6.07 Å². The second-order valence-electron chi connectivity index (χ2n) is 6.70. The van der Waals surface area contributed by atoms with Crippen molar-refractivity contribution in [2.24, 2.45) is 5.92 Å². The van der Waals surface area contributed by atoms with Crippen LogP contribution in [-0.2, 0) is 9.59 Å². The summed E-state index contributed by atoms with van der Waals surface area (Å²) in [4.78, 5) is 28.5. The summed E-state index contributed by atoms with van der Waals surface area (Å²) in [5.41, 5.74) is 0.998. The lowest BCUT2D eigenvalue weighted by Gasteiger charge is -2.33. The third-order valence-corrected chi connectivity index (χ3v) is 4.89. The van der Waals surface area contributed by atoms with E-state index in [0.29, 0.717) is 25.9 Å². The minimum atomic E-state index is -0.0592. The van der Waals surface area contributed by atoms with E-state index in [4.69, 9.17) is 5.26 Å². The summed E-state index contributed by atoms with van der Waals surface area (Å²) in [6.07, 6.45) is 6.80. The molecule has 5 heteroatoms. The Morgan fingerprint density at radius 2 is 1.84 bits per heavy atom. The number of likely N-dealkylation sites (tertiary alicyclic amines) is 1. The van der Waals surface area contributed by atoms with Crippen LogP contribution in [0.4, 0.5) is 0 Å². The molecular weight excluding hydrogens is 314 g/mol. The summed E-state index contributed by atoms with van der Waals surface area (Å²) >= 11 is 0. The first-order valence-electron chi connectivity index (χ1n) is 8.88. The van der Waals surface area contributed by atoms with Crippen LogP contribution in [0.25, 0.3) is 6.08 Å². The van der Waals surface area contributed by atoms with Crippen molar-refractivity contribution in [3.63, 3.8) is 0 Å². The van der Waals surface area contributed by atoms with E-state index in [1.807, 2.05) is 36.4 Å². The highest BCUT2D eigenvalue weighted by Crippen LogP contribution is 2.30. The Labute approximate surface area is 148 Å². The van der Waals surface area contributed by atoms with Crippen LogP contribution in [0.15, 0.2) is 36.4 Å². The largest absolute Gasteiger partial charge is 0.339 e. The Balaban J connectivity index is 1.51. The molecule has 0 radical (unpaired) electrons. The quantitative estimate of drug-likeness (QED) is 0.612. The Morgan fingerprint density at radius 1 is 1.16 bits per heavy atom. The van der Waals surface area contributed by atoms with Crippen LogP contribution in [0.2, 0.25) is 0 Å². The zero-order valence-electron chi connectivity index (χ0n) is 14.3. The van der Waals surface area contributed by atoms with Crippen LogP contribution in [0.5, 0.6) is 0 Å². The van der Waals surface area contributed by atoms with Gasteiger partial charge in [-0.1, -0.05) is 30.3 Å². The predicted octanol–water partition coefficient (Wildman–Crippen LogP) is 2.45. The molecular formula is C20H23N3O2. The van der Waals surface area contributed by atoms with E-state index < -0.39 is 0 Å². The van der Waals surface area contributed by atoms with Crippen molar-refractivity contribution in [1.29, 1.82) is 5.26 Å². The number of nitriles is 1. The van der Waals surface area contributed by atoms with Crippen molar-refractivity contribution >= 4 is 17.9 Å². The molecule has 2 amide bonds. The number of nitrogens with zero attached hydrogens (tertiary/aromatic N) is 3. The average Bonchev–Trinajstić information content (AvgIpc) is 3.49. The van der Waals surface area contributed by atoms with Crippen LogP contribution < -0.4 is 0 Å². The normalized spacial score (nSPS) is 18.1. The van der Waals surface area contributed by atoms with E-state index in [2.05, 4.69) is 6.07 Å². The zero-order chi connectivity index (χ0) is 17.6. The van der Waals surface area contributed by atoms with Gasteiger partial charge in [0, 0.05) is 31.1 Å². The average molecular weight is 337 g/mol. The lowest BCUT2D eigenvalue weighted by Crippen LogP contribution is -2.44. The molecule has 5 nitrogen and oxygen atoms in total. The van der Waals surface area contributed by atoms with Gasteiger partial charge in [0.25, 0.3) is 0 Å². The smallest absolute Gasteiger partial charge is 0.246 e. The molecule has 0 spiro atoms. The molecule has 3 rings (SSSR count). The molecule has 0 atom stereocenters. The summed E-state index contributed by atoms with van der Waals surface area (Å²) in [5.74, 6) is 0.0258. The van der Waals surface area contributed by atoms with E-state index >= 15 is 0 Å². The molecule has 1 aromatic rings. The number of carbonyl (C=O) groups is 2. The minimum Gasteiger partial charge on any atom is -0.339 e. The number of hydrogen-bond donors (Lipinski definition) is 0. The molecule has 2 aliphatic rings. The summed E-state index contributed by atoms with van der Waals surface area (Å²) in [6, 6.07) is 12.1. The minimum absolute atomic E-state index is 0.00849. The molecule has 1 aliphatic carbocycles. The molecule has 0 bridgehead atoms. The lowest BCUT2D eigenvalue weighted by atomic mass is 9.95. The molecule has 2 fully saturated rings. The first-order valence-corrected chi connectivity index (χ1v) is 8.88. The van der Waals surface area contributed by atoms with E-state index in [-0.39, 0.29) is 30.3 Å². The zero-order valence-corrected chi connectivity index (χ0v) is 14.3. The van der Waals surface area contributed by atoms with E-state index in [1.165, 1.54) is 0 Å². The van der Waals surface area contributed by atoms with Crippen LogP contribution >= 0.6 is 0 Å². The topological polar surface area (TPSA) is 64.4 Å². The van der Waals surface area contributed by atoms with Crippen LogP contribution in [0.3, 0.4) is 0 Å². The van der Waals surface area contributed by atoms with E-state index in [0.717, 1.165) is 18.4 Å². The molecule has 1 aliphatic heterocycles. The highest BCUT2D eigenvalue weighted by molar-refractivity contribution is 5.92. The Kier molecular flexibility index (Phi) is 5.49. The monoisotopic (exact) mass is 337 g/mol. The molecule has 1 saturated carbocycles. The number of amides is 2. The molecule has 0 unspecified atom stereocenters. The first-order chi connectivity index (χ1) is 12.2. The molecule has 1 saturated heterocycles. The second kappa shape index (κ2) is 7.98. The van der Waals surface area contributed by atoms with Gasteiger partial charge >= 0.3 is 0 Å².